The normalized spacial score (nSPS) is 10.7. The van der Waals surface area contributed by atoms with E-state index in [1.807, 2.05) is 6.08 Å². The zero-order valence-electron chi connectivity index (χ0n) is 21.4. The van der Waals surface area contributed by atoms with E-state index in [4.69, 9.17) is 0 Å². The maximum absolute atomic E-state index is 11.9. The first kappa shape index (κ1) is 33.4. The van der Waals surface area contributed by atoms with Crippen molar-refractivity contribution in [3.8, 4) is 0 Å². The van der Waals surface area contributed by atoms with Gasteiger partial charge in [0.05, 0.1) is 0 Å². The second-order valence-electron chi connectivity index (χ2n) is 9.60. The Morgan fingerprint density at radius 2 is 0.969 bits per heavy atom. The van der Waals surface area contributed by atoms with Crippen LogP contribution in [0.3, 0.4) is 0 Å². The molecule has 0 rings (SSSR count). The average Bonchev–Trinajstić information content (AvgIpc) is 2.77. The second kappa shape index (κ2) is 30.2. The molecule has 0 heterocycles. The fraction of sp³-hybridized carbons (Fsp3) is 0.900. The summed E-state index contributed by atoms with van der Waals surface area (Å²) in [5, 5.41) is 3.10. The minimum absolute atomic E-state index is 0. The molecule has 1 N–H and O–H groups in total. The average molecular weight is 452 g/mol. The number of nitrogens with one attached hydrogen (secondary N) is 1. The van der Waals surface area contributed by atoms with E-state index >= 15 is 0 Å². The van der Waals surface area contributed by atoms with Gasteiger partial charge in [0.15, 0.2) is 0 Å². The van der Waals surface area contributed by atoms with Gasteiger partial charge < -0.3 is 5.32 Å². The van der Waals surface area contributed by atoms with Crippen LogP contribution in [0.1, 0.15) is 168 Å². The van der Waals surface area contributed by atoms with E-state index in [1.165, 1.54) is 128 Å². The molecule has 0 saturated carbocycles. The Kier molecular flexibility index (Phi) is 31.5. The van der Waals surface area contributed by atoms with Gasteiger partial charge in [0.25, 0.3) is 0 Å². The lowest BCUT2D eigenvalue weighted by Gasteiger charge is -2.06. The van der Waals surface area contributed by atoms with Crippen LogP contribution in [0.4, 0.5) is 0 Å². The fourth-order valence-electron chi connectivity index (χ4n) is 4.27. The fourth-order valence-corrected chi connectivity index (χ4v) is 4.27. The van der Waals surface area contributed by atoms with Gasteiger partial charge in [0.1, 0.15) is 0 Å². The van der Waals surface area contributed by atoms with Crippen LogP contribution in [0.2, 0.25) is 0 Å². The van der Waals surface area contributed by atoms with Crippen molar-refractivity contribution in [2.45, 2.75) is 168 Å². The van der Waals surface area contributed by atoms with E-state index in [0.717, 1.165) is 25.8 Å². The largest absolute Gasteiger partial charge is 0.356 e. The lowest BCUT2D eigenvalue weighted by Crippen LogP contribution is -2.23. The highest BCUT2D eigenvalue weighted by Gasteiger charge is 2.00. The third-order valence-corrected chi connectivity index (χ3v) is 6.41. The molecule has 0 radical (unpaired) electrons. The molecule has 0 bridgehead atoms. The molecule has 0 atom stereocenters. The zero-order valence-corrected chi connectivity index (χ0v) is 21.4. The van der Waals surface area contributed by atoms with Crippen molar-refractivity contribution in [1.29, 1.82) is 0 Å². The van der Waals surface area contributed by atoms with Crippen LogP contribution in [0.15, 0.2) is 12.7 Å². The summed E-state index contributed by atoms with van der Waals surface area (Å²) < 4.78 is 0. The monoisotopic (exact) mass is 451 g/mol. The molecular formula is C30H61NO. The Balaban J connectivity index is 0. The molecule has 2 nitrogen and oxygen atoms in total. The maximum atomic E-state index is 11.9. The second-order valence-corrected chi connectivity index (χ2v) is 9.60. The predicted molar refractivity (Wildman–Crippen MR) is 146 cm³/mol. The molecule has 2 heteroatoms. The van der Waals surface area contributed by atoms with Crippen molar-refractivity contribution in [2.24, 2.45) is 0 Å². The van der Waals surface area contributed by atoms with Crippen molar-refractivity contribution in [3.63, 3.8) is 0 Å². The first-order chi connectivity index (χ1) is 15.3. The number of allylic oxidation sites excluding steroid dienone is 1. The summed E-state index contributed by atoms with van der Waals surface area (Å²) in [5.74, 6) is 0.257. The van der Waals surface area contributed by atoms with Crippen LogP contribution in [0, 0.1) is 0 Å². The summed E-state index contributed by atoms with van der Waals surface area (Å²) in [6.45, 7) is 6.92. The molecule has 32 heavy (non-hydrogen) atoms. The van der Waals surface area contributed by atoms with E-state index in [9.17, 15) is 4.79 Å². The highest BCUT2D eigenvalue weighted by Crippen LogP contribution is 2.13. The van der Waals surface area contributed by atoms with Gasteiger partial charge in [0, 0.05) is 13.0 Å². The molecule has 0 aliphatic carbocycles. The number of hydrogen-bond acceptors (Lipinski definition) is 1. The molecular weight excluding hydrogens is 390 g/mol. The van der Waals surface area contributed by atoms with E-state index in [-0.39, 0.29) is 13.3 Å². The summed E-state index contributed by atoms with van der Waals surface area (Å²) in [7, 11) is 0. The smallest absolute Gasteiger partial charge is 0.219 e. The van der Waals surface area contributed by atoms with Crippen LogP contribution in [-0.2, 0) is 4.79 Å². The van der Waals surface area contributed by atoms with Gasteiger partial charge in [-0.1, -0.05) is 142 Å². The number of hydrogen-bond donors (Lipinski definition) is 1. The minimum Gasteiger partial charge on any atom is -0.356 e. The van der Waals surface area contributed by atoms with Crippen molar-refractivity contribution in [1.82, 2.24) is 5.32 Å². The van der Waals surface area contributed by atoms with E-state index in [0.29, 0.717) is 6.42 Å². The van der Waals surface area contributed by atoms with Crippen molar-refractivity contribution in [2.75, 3.05) is 6.54 Å². The SMILES string of the molecule is C.C=CCCCCCCCCC(=O)NCCCCCCCCCCCCCCCCCC. The van der Waals surface area contributed by atoms with Crippen molar-refractivity contribution >= 4 is 5.91 Å². The predicted octanol–water partition coefficient (Wildman–Crippen LogP) is 10.3. The Morgan fingerprint density at radius 3 is 1.41 bits per heavy atom. The summed E-state index contributed by atoms with van der Waals surface area (Å²) in [6.07, 6.45) is 33.5. The van der Waals surface area contributed by atoms with Crippen LogP contribution in [-0.4, -0.2) is 12.5 Å². The quantitative estimate of drug-likeness (QED) is 0.103. The van der Waals surface area contributed by atoms with E-state index in [2.05, 4.69) is 18.8 Å². The van der Waals surface area contributed by atoms with Crippen LogP contribution < -0.4 is 5.32 Å². The third kappa shape index (κ3) is 29.2. The summed E-state index contributed by atoms with van der Waals surface area (Å²) >= 11 is 0. The van der Waals surface area contributed by atoms with E-state index < -0.39 is 0 Å². The molecule has 0 fully saturated rings. The minimum atomic E-state index is 0. The topological polar surface area (TPSA) is 29.1 Å². The molecule has 0 saturated heterocycles. The number of carbonyl (C=O) groups is 1. The molecule has 192 valence electrons. The molecule has 0 aliphatic rings. The standard InChI is InChI=1S/C29H57NO.CH4/c1-3-5-7-9-11-13-14-15-16-17-18-19-20-22-24-26-28-30-29(31)27-25-23-21-12-10-8-6-4-2;/h4H,2-3,5-28H2,1H3,(H,30,31);1H4. The number of unbranched alkanes of at least 4 members (excludes halogenated alkanes) is 21. The lowest BCUT2D eigenvalue weighted by molar-refractivity contribution is -0.121. The first-order valence-electron chi connectivity index (χ1n) is 14.2. The number of carbonyl (C=O) groups excluding carboxylic acids is 1. The number of amides is 1. The molecule has 0 spiro atoms. The molecule has 0 aromatic heterocycles. The Bertz CT molecular complexity index is 366. The Hall–Kier alpha value is -0.790. The van der Waals surface area contributed by atoms with Gasteiger partial charge in [-0.3, -0.25) is 4.79 Å². The molecule has 1 amide bonds. The Labute approximate surface area is 203 Å². The summed E-state index contributed by atoms with van der Waals surface area (Å²) in [6, 6.07) is 0. The van der Waals surface area contributed by atoms with Gasteiger partial charge in [0.2, 0.25) is 5.91 Å². The molecule has 0 aromatic rings. The van der Waals surface area contributed by atoms with Crippen LogP contribution in [0.5, 0.6) is 0 Å². The third-order valence-electron chi connectivity index (χ3n) is 6.41. The van der Waals surface area contributed by atoms with Crippen LogP contribution >= 0.6 is 0 Å². The Morgan fingerprint density at radius 1 is 0.594 bits per heavy atom. The highest BCUT2D eigenvalue weighted by molar-refractivity contribution is 5.75. The lowest BCUT2D eigenvalue weighted by atomic mass is 10.0. The molecule has 0 aromatic carbocycles. The highest BCUT2D eigenvalue weighted by atomic mass is 16.1. The maximum Gasteiger partial charge on any atom is 0.219 e. The van der Waals surface area contributed by atoms with Gasteiger partial charge in [-0.25, -0.2) is 0 Å². The van der Waals surface area contributed by atoms with Crippen LogP contribution in [0.25, 0.3) is 0 Å². The van der Waals surface area contributed by atoms with Gasteiger partial charge in [-0.05, 0) is 25.7 Å². The first-order valence-corrected chi connectivity index (χ1v) is 14.2. The summed E-state index contributed by atoms with van der Waals surface area (Å²) in [5.41, 5.74) is 0. The van der Waals surface area contributed by atoms with Crippen molar-refractivity contribution < 1.29 is 4.79 Å². The molecule has 0 aliphatic heterocycles. The summed E-state index contributed by atoms with van der Waals surface area (Å²) in [4.78, 5) is 11.9. The number of rotatable bonds is 26. The van der Waals surface area contributed by atoms with Gasteiger partial charge >= 0.3 is 0 Å². The zero-order chi connectivity index (χ0) is 22.7. The molecule has 0 unspecified atom stereocenters. The van der Waals surface area contributed by atoms with E-state index in [1.54, 1.807) is 0 Å². The van der Waals surface area contributed by atoms with Gasteiger partial charge in [-0.15, -0.1) is 6.58 Å². The van der Waals surface area contributed by atoms with Gasteiger partial charge in [-0.2, -0.15) is 0 Å². The van der Waals surface area contributed by atoms with Crippen molar-refractivity contribution in [3.05, 3.63) is 12.7 Å².